The van der Waals surface area contributed by atoms with Crippen LogP contribution in [0.15, 0.2) is 11.6 Å². The molecule has 1 unspecified atom stereocenters. The maximum absolute atomic E-state index is 11.3. The Balaban J connectivity index is 2.20. The summed E-state index contributed by atoms with van der Waals surface area (Å²) in [5.74, 6) is 0.385. The number of carbonyl (C=O) groups excluding carboxylic acids is 1. The number of hydrogen-bond acceptors (Lipinski definition) is 4. The lowest BCUT2D eigenvalue weighted by atomic mass is 10.0. The summed E-state index contributed by atoms with van der Waals surface area (Å²) in [5.41, 5.74) is 0.736. The number of ether oxygens (including phenoxy) is 2. The summed E-state index contributed by atoms with van der Waals surface area (Å²) in [6.45, 7) is 5.38. The molecule has 0 saturated carbocycles. The summed E-state index contributed by atoms with van der Waals surface area (Å²) in [5, 5.41) is 3.33. The van der Waals surface area contributed by atoms with Crippen molar-refractivity contribution in [2.45, 2.75) is 26.2 Å². The smallest absolute Gasteiger partial charge is 0.333 e. The van der Waals surface area contributed by atoms with Crippen LogP contribution in [0.3, 0.4) is 0 Å². The quantitative estimate of drug-likeness (QED) is 0.435. The first-order valence-electron chi connectivity index (χ1n) is 6.33. The highest BCUT2D eigenvalue weighted by atomic mass is 16.5. The summed E-state index contributed by atoms with van der Waals surface area (Å²) in [6.07, 6.45) is 5.01. The van der Waals surface area contributed by atoms with E-state index < -0.39 is 0 Å². The highest BCUT2D eigenvalue weighted by Crippen LogP contribution is 2.12. The fourth-order valence-electron chi connectivity index (χ4n) is 1.95. The second-order valence-electron chi connectivity index (χ2n) is 4.32. The number of nitrogens with one attached hydrogen (secondary N) is 1. The third kappa shape index (κ3) is 5.33. The van der Waals surface area contributed by atoms with E-state index in [4.69, 9.17) is 9.47 Å². The van der Waals surface area contributed by atoms with Gasteiger partial charge in [0, 0.05) is 25.3 Å². The molecule has 1 atom stereocenters. The van der Waals surface area contributed by atoms with Crippen LogP contribution >= 0.6 is 0 Å². The van der Waals surface area contributed by atoms with Crippen LogP contribution < -0.4 is 5.32 Å². The second-order valence-corrected chi connectivity index (χ2v) is 4.32. The van der Waals surface area contributed by atoms with E-state index in [1.165, 1.54) is 13.5 Å². The summed E-state index contributed by atoms with van der Waals surface area (Å²) in [6, 6.07) is 0. The molecule has 1 aliphatic rings. The average Bonchev–Trinajstić information content (AvgIpc) is 2.39. The van der Waals surface area contributed by atoms with Crippen molar-refractivity contribution in [3.05, 3.63) is 11.6 Å². The van der Waals surface area contributed by atoms with E-state index in [2.05, 4.69) is 5.32 Å². The number of hydrogen-bond donors (Lipinski definition) is 1. The first-order chi connectivity index (χ1) is 8.27. The van der Waals surface area contributed by atoms with Gasteiger partial charge >= 0.3 is 5.97 Å². The Labute approximate surface area is 103 Å². The molecule has 1 N–H and O–H groups in total. The van der Waals surface area contributed by atoms with Crippen molar-refractivity contribution in [2.24, 2.45) is 5.92 Å². The molecule has 0 aromatic heterocycles. The van der Waals surface area contributed by atoms with Gasteiger partial charge in [0.2, 0.25) is 0 Å². The van der Waals surface area contributed by atoms with E-state index >= 15 is 0 Å². The van der Waals surface area contributed by atoms with Crippen molar-refractivity contribution in [3.8, 4) is 0 Å². The predicted molar refractivity (Wildman–Crippen MR) is 66.8 cm³/mol. The molecule has 1 fully saturated rings. The molecule has 1 heterocycles. The van der Waals surface area contributed by atoms with Crippen LogP contribution in [-0.2, 0) is 14.3 Å². The van der Waals surface area contributed by atoms with Gasteiger partial charge in [0.1, 0.15) is 0 Å². The van der Waals surface area contributed by atoms with Gasteiger partial charge in [0.25, 0.3) is 0 Å². The maximum Gasteiger partial charge on any atom is 0.333 e. The van der Waals surface area contributed by atoms with Gasteiger partial charge < -0.3 is 14.8 Å². The van der Waals surface area contributed by atoms with Crippen LogP contribution in [0, 0.1) is 5.92 Å². The Morgan fingerprint density at radius 3 is 3.00 bits per heavy atom. The molecule has 1 rings (SSSR count). The molecular weight excluding hydrogens is 218 g/mol. The van der Waals surface area contributed by atoms with Crippen LogP contribution in [-0.4, -0.2) is 39.4 Å². The molecule has 0 aliphatic carbocycles. The highest BCUT2D eigenvalue weighted by molar-refractivity contribution is 5.88. The molecule has 0 aromatic rings. The van der Waals surface area contributed by atoms with Crippen LogP contribution in [0.25, 0.3) is 0 Å². The zero-order valence-corrected chi connectivity index (χ0v) is 10.8. The molecule has 0 radical (unpaired) electrons. The summed E-state index contributed by atoms with van der Waals surface area (Å²) < 4.78 is 10.1. The average molecular weight is 241 g/mol. The molecule has 0 aromatic carbocycles. The van der Waals surface area contributed by atoms with Crippen molar-refractivity contribution in [2.75, 3.05) is 33.4 Å². The lowest BCUT2D eigenvalue weighted by Crippen LogP contribution is -2.29. The van der Waals surface area contributed by atoms with Crippen LogP contribution in [0.2, 0.25) is 0 Å². The minimum Gasteiger partial charge on any atom is -0.466 e. The van der Waals surface area contributed by atoms with Crippen molar-refractivity contribution >= 4 is 5.97 Å². The molecule has 0 bridgehead atoms. The Kier molecular flexibility index (Phi) is 6.89. The van der Waals surface area contributed by atoms with Gasteiger partial charge in [-0.25, -0.2) is 4.79 Å². The van der Waals surface area contributed by atoms with E-state index in [1.54, 1.807) is 0 Å². The fourth-order valence-corrected chi connectivity index (χ4v) is 1.95. The standard InChI is InChI=1S/C13H23NO3/c1-3-12(13(15)16-2)6-7-14-9-11-5-4-8-17-10-11/h6,11,14H,3-5,7-10H2,1-2H3. The lowest BCUT2D eigenvalue weighted by Gasteiger charge is -2.21. The van der Waals surface area contributed by atoms with Gasteiger partial charge in [-0.1, -0.05) is 13.0 Å². The minimum atomic E-state index is -0.227. The number of esters is 1. The Hall–Kier alpha value is -0.870. The summed E-state index contributed by atoms with van der Waals surface area (Å²) in [7, 11) is 1.42. The van der Waals surface area contributed by atoms with Gasteiger partial charge in [-0.3, -0.25) is 0 Å². The van der Waals surface area contributed by atoms with Gasteiger partial charge in [0.15, 0.2) is 0 Å². The molecule has 0 spiro atoms. The Morgan fingerprint density at radius 1 is 1.59 bits per heavy atom. The molecule has 4 heteroatoms. The van der Waals surface area contributed by atoms with Crippen molar-refractivity contribution in [1.29, 1.82) is 0 Å². The number of rotatable bonds is 6. The number of carbonyl (C=O) groups is 1. The minimum absolute atomic E-state index is 0.227. The number of methoxy groups -OCH3 is 1. The summed E-state index contributed by atoms with van der Waals surface area (Å²) in [4.78, 5) is 11.3. The molecular formula is C13H23NO3. The van der Waals surface area contributed by atoms with E-state index in [1.807, 2.05) is 13.0 Å². The Bertz CT molecular complexity index is 257. The zero-order valence-electron chi connectivity index (χ0n) is 10.8. The third-order valence-electron chi connectivity index (χ3n) is 3.01. The zero-order chi connectivity index (χ0) is 12.5. The second kappa shape index (κ2) is 8.25. The molecule has 1 saturated heterocycles. The van der Waals surface area contributed by atoms with E-state index in [-0.39, 0.29) is 5.97 Å². The van der Waals surface area contributed by atoms with Gasteiger partial charge in [0.05, 0.1) is 13.7 Å². The van der Waals surface area contributed by atoms with Gasteiger partial charge in [-0.05, 0) is 25.2 Å². The maximum atomic E-state index is 11.3. The van der Waals surface area contributed by atoms with Crippen molar-refractivity contribution in [1.82, 2.24) is 5.32 Å². The molecule has 0 amide bonds. The van der Waals surface area contributed by atoms with E-state index in [0.29, 0.717) is 12.3 Å². The third-order valence-corrected chi connectivity index (χ3v) is 3.01. The van der Waals surface area contributed by atoms with Crippen molar-refractivity contribution < 1.29 is 14.3 Å². The summed E-state index contributed by atoms with van der Waals surface area (Å²) >= 11 is 0. The molecule has 17 heavy (non-hydrogen) atoms. The highest BCUT2D eigenvalue weighted by Gasteiger charge is 2.12. The fraction of sp³-hybridized carbons (Fsp3) is 0.769. The SMILES string of the molecule is CCC(=CCNCC1CCCOC1)C(=O)OC. The van der Waals surface area contributed by atoms with Gasteiger partial charge in [-0.15, -0.1) is 0 Å². The lowest BCUT2D eigenvalue weighted by molar-refractivity contribution is -0.136. The normalized spacial score (nSPS) is 21.3. The van der Waals surface area contributed by atoms with Crippen LogP contribution in [0.5, 0.6) is 0 Å². The molecule has 4 nitrogen and oxygen atoms in total. The predicted octanol–water partition coefficient (Wildman–Crippen LogP) is 1.51. The van der Waals surface area contributed by atoms with Crippen LogP contribution in [0.4, 0.5) is 0 Å². The van der Waals surface area contributed by atoms with E-state index in [0.717, 1.165) is 38.3 Å². The molecule has 1 aliphatic heterocycles. The topological polar surface area (TPSA) is 47.6 Å². The van der Waals surface area contributed by atoms with E-state index in [9.17, 15) is 4.79 Å². The van der Waals surface area contributed by atoms with Crippen LogP contribution in [0.1, 0.15) is 26.2 Å². The first-order valence-corrected chi connectivity index (χ1v) is 6.33. The Morgan fingerprint density at radius 2 is 2.41 bits per heavy atom. The monoisotopic (exact) mass is 241 g/mol. The van der Waals surface area contributed by atoms with Crippen molar-refractivity contribution in [3.63, 3.8) is 0 Å². The molecule has 98 valence electrons. The van der Waals surface area contributed by atoms with Gasteiger partial charge in [-0.2, -0.15) is 0 Å². The largest absolute Gasteiger partial charge is 0.466 e. The first kappa shape index (κ1) is 14.2.